The summed E-state index contributed by atoms with van der Waals surface area (Å²) in [6.07, 6.45) is 4.67. The molecule has 0 N–H and O–H groups in total. The van der Waals surface area contributed by atoms with Gasteiger partial charge in [-0.25, -0.2) is 8.42 Å². The maximum Gasteiger partial charge on any atom is 0.243 e. The lowest BCUT2D eigenvalue weighted by Crippen LogP contribution is -2.28. The first-order valence-electron chi connectivity index (χ1n) is 5.38. The van der Waals surface area contributed by atoms with Gasteiger partial charge in [0.15, 0.2) is 0 Å². The molecule has 86 valence electrons. The number of benzene rings is 1. The fourth-order valence-corrected chi connectivity index (χ4v) is 3.04. The van der Waals surface area contributed by atoms with Crippen molar-refractivity contribution in [3.63, 3.8) is 0 Å². The summed E-state index contributed by atoms with van der Waals surface area (Å²) in [5, 5.41) is 0. The molecule has 0 amide bonds. The summed E-state index contributed by atoms with van der Waals surface area (Å²) in [5.41, 5.74) is 1.15. The zero-order valence-corrected chi connectivity index (χ0v) is 10.1. The Labute approximate surface area is 96.4 Å². The predicted molar refractivity (Wildman–Crippen MR) is 63.7 cm³/mol. The molecule has 1 aliphatic heterocycles. The summed E-state index contributed by atoms with van der Waals surface area (Å²) >= 11 is 0. The van der Waals surface area contributed by atoms with Crippen LogP contribution in [0.25, 0.3) is 0 Å². The average Bonchev–Trinajstić information content (AvgIpc) is 2.83. The molecule has 1 aromatic rings. The Bertz CT molecular complexity index is 480. The van der Waals surface area contributed by atoms with Crippen molar-refractivity contribution in [2.24, 2.45) is 0 Å². The third-order valence-electron chi connectivity index (χ3n) is 2.75. The Kier molecular flexibility index (Phi) is 3.12. The van der Waals surface area contributed by atoms with Crippen molar-refractivity contribution in [1.82, 2.24) is 4.31 Å². The van der Waals surface area contributed by atoms with Gasteiger partial charge in [0.05, 0.1) is 4.90 Å². The Morgan fingerprint density at radius 1 is 1.12 bits per heavy atom. The van der Waals surface area contributed by atoms with Crippen molar-refractivity contribution >= 4 is 10.0 Å². The zero-order valence-electron chi connectivity index (χ0n) is 9.26. The lowest BCUT2D eigenvalue weighted by molar-refractivity contribution is 0.488. The molecule has 0 saturated heterocycles. The van der Waals surface area contributed by atoms with Crippen molar-refractivity contribution in [3.8, 4) is 0 Å². The maximum absolute atomic E-state index is 12.1. The molecule has 0 unspecified atom stereocenters. The van der Waals surface area contributed by atoms with Gasteiger partial charge in [-0.1, -0.05) is 31.2 Å². The van der Waals surface area contributed by atoms with E-state index in [1.54, 1.807) is 12.1 Å². The first kappa shape index (κ1) is 11.4. The van der Waals surface area contributed by atoms with Crippen LogP contribution in [-0.4, -0.2) is 25.8 Å². The number of hydrogen-bond donors (Lipinski definition) is 0. The minimum atomic E-state index is -3.29. The van der Waals surface area contributed by atoms with E-state index in [9.17, 15) is 8.42 Å². The maximum atomic E-state index is 12.1. The number of sulfonamides is 1. The van der Waals surface area contributed by atoms with Gasteiger partial charge in [-0.3, -0.25) is 0 Å². The lowest BCUT2D eigenvalue weighted by atomic mass is 10.2. The minimum absolute atomic E-state index is 0.383. The third kappa shape index (κ3) is 2.03. The average molecular weight is 237 g/mol. The molecule has 0 atom stereocenters. The van der Waals surface area contributed by atoms with Crippen molar-refractivity contribution in [3.05, 3.63) is 42.0 Å². The molecule has 0 fully saturated rings. The van der Waals surface area contributed by atoms with Crippen LogP contribution in [0.5, 0.6) is 0 Å². The van der Waals surface area contributed by atoms with Gasteiger partial charge >= 0.3 is 0 Å². The van der Waals surface area contributed by atoms with Gasteiger partial charge in [0.2, 0.25) is 10.0 Å². The standard InChI is InChI=1S/C12H15NO2S/c1-2-11-5-7-12(8-6-11)16(14,15)13-9-3-4-10-13/h3-8H,2,9-10H2,1H3. The summed E-state index contributed by atoms with van der Waals surface area (Å²) in [6.45, 7) is 3.02. The van der Waals surface area contributed by atoms with Gasteiger partial charge in [-0.2, -0.15) is 4.31 Å². The van der Waals surface area contributed by atoms with Crippen LogP contribution in [-0.2, 0) is 16.4 Å². The SMILES string of the molecule is CCc1ccc(S(=O)(=O)N2CC=CC2)cc1. The van der Waals surface area contributed by atoms with Crippen molar-refractivity contribution in [1.29, 1.82) is 0 Å². The summed E-state index contributed by atoms with van der Waals surface area (Å²) in [4.78, 5) is 0.383. The zero-order chi connectivity index (χ0) is 11.6. The van der Waals surface area contributed by atoms with Gasteiger partial charge in [0, 0.05) is 13.1 Å². The molecular formula is C12H15NO2S. The van der Waals surface area contributed by atoms with E-state index < -0.39 is 10.0 Å². The van der Waals surface area contributed by atoms with Crippen molar-refractivity contribution in [2.45, 2.75) is 18.2 Å². The Balaban J connectivity index is 2.28. The molecule has 0 radical (unpaired) electrons. The van der Waals surface area contributed by atoms with Crippen LogP contribution in [0.1, 0.15) is 12.5 Å². The monoisotopic (exact) mass is 237 g/mol. The summed E-state index contributed by atoms with van der Waals surface area (Å²) in [5.74, 6) is 0. The fourth-order valence-electron chi connectivity index (χ4n) is 1.70. The van der Waals surface area contributed by atoms with Gasteiger partial charge in [0.1, 0.15) is 0 Å². The topological polar surface area (TPSA) is 37.4 Å². The number of rotatable bonds is 3. The van der Waals surface area contributed by atoms with Crippen LogP contribution in [0.15, 0.2) is 41.3 Å². The van der Waals surface area contributed by atoms with E-state index in [2.05, 4.69) is 0 Å². The quantitative estimate of drug-likeness (QED) is 0.752. The van der Waals surface area contributed by atoms with Crippen LogP contribution < -0.4 is 0 Å². The van der Waals surface area contributed by atoms with E-state index in [1.165, 1.54) is 4.31 Å². The van der Waals surface area contributed by atoms with Gasteiger partial charge in [-0.05, 0) is 24.1 Å². The molecule has 16 heavy (non-hydrogen) atoms. The highest BCUT2D eigenvalue weighted by Crippen LogP contribution is 2.18. The van der Waals surface area contributed by atoms with E-state index in [4.69, 9.17) is 0 Å². The molecular weight excluding hydrogens is 222 g/mol. The molecule has 1 aliphatic rings. The molecule has 3 nitrogen and oxygen atoms in total. The van der Waals surface area contributed by atoms with Crippen LogP contribution in [0.4, 0.5) is 0 Å². The minimum Gasteiger partial charge on any atom is -0.207 e. The second-order valence-electron chi connectivity index (χ2n) is 3.79. The van der Waals surface area contributed by atoms with E-state index in [-0.39, 0.29) is 0 Å². The Morgan fingerprint density at radius 3 is 2.19 bits per heavy atom. The lowest BCUT2D eigenvalue weighted by Gasteiger charge is -2.15. The van der Waals surface area contributed by atoms with Gasteiger partial charge < -0.3 is 0 Å². The molecule has 1 heterocycles. The summed E-state index contributed by atoms with van der Waals surface area (Å²) < 4.78 is 25.7. The summed E-state index contributed by atoms with van der Waals surface area (Å²) in [6, 6.07) is 7.12. The Morgan fingerprint density at radius 2 is 1.69 bits per heavy atom. The molecule has 0 spiro atoms. The second-order valence-corrected chi connectivity index (χ2v) is 5.73. The highest BCUT2D eigenvalue weighted by Gasteiger charge is 2.24. The van der Waals surface area contributed by atoms with E-state index in [1.807, 2.05) is 31.2 Å². The predicted octanol–water partition coefficient (Wildman–Crippen LogP) is 1.81. The van der Waals surface area contributed by atoms with E-state index in [0.717, 1.165) is 12.0 Å². The van der Waals surface area contributed by atoms with Crippen molar-refractivity contribution < 1.29 is 8.42 Å². The normalized spacial score (nSPS) is 16.8. The van der Waals surface area contributed by atoms with Crippen LogP contribution >= 0.6 is 0 Å². The van der Waals surface area contributed by atoms with Crippen LogP contribution in [0.3, 0.4) is 0 Å². The second kappa shape index (κ2) is 4.39. The van der Waals surface area contributed by atoms with Gasteiger partial charge in [-0.15, -0.1) is 0 Å². The molecule has 2 rings (SSSR count). The number of hydrogen-bond acceptors (Lipinski definition) is 2. The first-order chi connectivity index (χ1) is 7.64. The molecule has 1 aromatic carbocycles. The Hall–Kier alpha value is -1.13. The highest BCUT2D eigenvalue weighted by molar-refractivity contribution is 7.89. The molecule has 0 saturated carbocycles. The van der Waals surface area contributed by atoms with Gasteiger partial charge in [0.25, 0.3) is 0 Å². The number of nitrogens with zero attached hydrogens (tertiary/aromatic N) is 1. The smallest absolute Gasteiger partial charge is 0.207 e. The first-order valence-corrected chi connectivity index (χ1v) is 6.82. The van der Waals surface area contributed by atoms with E-state index >= 15 is 0 Å². The molecule has 0 aliphatic carbocycles. The largest absolute Gasteiger partial charge is 0.243 e. The molecule has 0 aromatic heterocycles. The van der Waals surface area contributed by atoms with Crippen LogP contribution in [0.2, 0.25) is 0 Å². The van der Waals surface area contributed by atoms with Crippen LogP contribution in [0, 0.1) is 0 Å². The molecule has 4 heteroatoms. The van der Waals surface area contributed by atoms with E-state index in [0.29, 0.717) is 18.0 Å². The fraction of sp³-hybridized carbons (Fsp3) is 0.333. The highest BCUT2D eigenvalue weighted by atomic mass is 32.2. The summed E-state index contributed by atoms with van der Waals surface area (Å²) in [7, 11) is -3.29. The van der Waals surface area contributed by atoms with Crippen molar-refractivity contribution in [2.75, 3.05) is 13.1 Å². The third-order valence-corrected chi connectivity index (χ3v) is 4.60. The number of aryl methyl sites for hydroxylation is 1. The molecule has 0 bridgehead atoms.